The summed E-state index contributed by atoms with van der Waals surface area (Å²) in [6.07, 6.45) is 11.2. The van der Waals surface area contributed by atoms with Crippen LogP contribution in [0.2, 0.25) is 0 Å². The number of nitrogens with zero attached hydrogens (tertiary/aromatic N) is 1. The molecule has 70 heavy (non-hydrogen) atoms. The Labute approximate surface area is 427 Å². The number of hydrogen-bond acceptors (Lipinski definition) is 3. The van der Waals surface area contributed by atoms with Gasteiger partial charge in [-0.2, -0.15) is 0 Å². The van der Waals surface area contributed by atoms with Crippen molar-refractivity contribution >= 4 is 56.4 Å². The molecule has 0 saturated heterocycles. The van der Waals surface area contributed by atoms with E-state index in [1.165, 1.54) is 64.8 Å². The Kier molecular flexibility index (Phi) is 18.6. The van der Waals surface area contributed by atoms with E-state index in [0.717, 1.165) is 35.6 Å². The van der Waals surface area contributed by atoms with Crippen molar-refractivity contribution in [3.63, 3.8) is 0 Å². The van der Waals surface area contributed by atoms with Crippen LogP contribution < -0.4 is 5.32 Å². The summed E-state index contributed by atoms with van der Waals surface area (Å²) in [5, 5.41) is 3.89. The number of para-hydroxylation sites is 2. The van der Waals surface area contributed by atoms with E-state index in [4.69, 9.17) is 4.99 Å². The maximum absolute atomic E-state index is 5.08. The fourth-order valence-corrected chi connectivity index (χ4v) is 10.9. The second-order valence-corrected chi connectivity index (χ2v) is 19.4. The lowest BCUT2D eigenvalue weighted by atomic mass is 9.68. The Balaban J connectivity index is 0.00000176. The molecule has 0 bridgehead atoms. The van der Waals surface area contributed by atoms with Crippen LogP contribution in [-0.2, 0) is 11.8 Å². The number of thioether (sulfide) groups is 1. The number of aliphatic imine (C=N–C) groups is 1. The van der Waals surface area contributed by atoms with Gasteiger partial charge in [0, 0.05) is 36.6 Å². The van der Waals surface area contributed by atoms with E-state index < -0.39 is 0 Å². The minimum Gasteiger partial charge on any atom is -0.340 e. The molecule has 0 fully saturated rings. The average Bonchev–Trinajstić information content (AvgIpc) is 3.82. The maximum Gasteiger partial charge on any atom is 0.138 e. The molecule has 0 spiro atoms. The molecule has 0 amide bonds. The average molecular weight is 951 g/mol. The Hall–Kier alpha value is -6.98. The third-order valence-electron chi connectivity index (χ3n) is 12.4. The van der Waals surface area contributed by atoms with Gasteiger partial charge in [-0.15, -0.1) is 23.1 Å². The first-order valence-electron chi connectivity index (χ1n) is 24.8. The number of allylic oxidation sites excluding steroid dienone is 7. The molecule has 2 unspecified atom stereocenters. The van der Waals surface area contributed by atoms with Crippen molar-refractivity contribution in [2.45, 2.75) is 72.0 Å². The predicted octanol–water partition coefficient (Wildman–Crippen LogP) is 19.5. The summed E-state index contributed by atoms with van der Waals surface area (Å²) in [6, 6.07) is 75.9. The molecule has 2 nitrogen and oxygen atoms in total. The topological polar surface area (TPSA) is 24.4 Å². The van der Waals surface area contributed by atoms with E-state index in [1.54, 1.807) is 0 Å². The molecule has 0 aliphatic heterocycles. The molecule has 1 aromatic heterocycles. The molecule has 1 heterocycles. The molecule has 0 radical (unpaired) electrons. The minimum atomic E-state index is -0.371. The summed E-state index contributed by atoms with van der Waals surface area (Å²) in [7, 11) is 0. The van der Waals surface area contributed by atoms with Gasteiger partial charge in [0.2, 0.25) is 0 Å². The van der Waals surface area contributed by atoms with Crippen molar-refractivity contribution in [1.82, 2.24) is 0 Å². The number of thiophene rings is 1. The molecule has 352 valence electrons. The minimum absolute atomic E-state index is 0.284. The predicted molar refractivity (Wildman–Crippen MR) is 310 cm³/mol. The first-order valence-corrected chi connectivity index (χ1v) is 26.5. The first-order chi connectivity index (χ1) is 34.4. The van der Waals surface area contributed by atoms with Crippen LogP contribution in [0.3, 0.4) is 0 Å². The van der Waals surface area contributed by atoms with Gasteiger partial charge in [-0.3, -0.25) is 0 Å². The van der Waals surface area contributed by atoms with Crippen LogP contribution in [0.4, 0.5) is 11.4 Å². The molecule has 7 aromatic carbocycles. The lowest BCUT2D eigenvalue weighted by molar-refractivity contribution is 0.568. The van der Waals surface area contributed by atoms with Crippen molar-refractivity contribution in [2.24, 2.45) is 4.99 Å². The highest BCUT2D eigenvalue weighted by atomic mass is 32.2. The van der Waals surface area contributed by atoms with Gasteiger partial charge < -0.3 is 5.32 Å². The molecule has 4 heteroatoms. The zero-order valence-corrected chi connectivity index (χ0v) is 43.4. The molecular weight excluding hydrogens is 885 g/mol. The standard InChI is InChI=1S/C62H54N2S2.2C2H6/c1-4-58(49-20-10-5-11-21-49)65-45(2)47-34-36-48(37-35-47)56-40-38-51(60-43-42-59(66-60)50-22-12-6-13-23-50)39-41-57(56)62(3,53-24-14-7-15-25-53)44-46-30-32-52(33-31-46)61(63-54-26-16-8-17-27-54)64-55-28-18-9-19-29-55;2*1-2/h4-38,40-43,45H,39,44H2,1-3H3,(H,63,64);2*1-2H3/b58-4-;;. The summed E-state index contributed by atoms with van der Waals surface area (Å²) in [5.74, 6) is 0.808. The highest BCUT2D eigenvalue weighted by Crippen LogP contribution is 2.46. The van der Waals surface area contributed by atoms with Crippen molar-refractivity contribution in [3.8, 4) is 10.4 Å². The van der Waals surface area contributed by atoms with Crippen molar-refractivity contribution in [2.75, 3.05) is 5.32 Å². The molecule has 0 saturated carbocycles. The van der Waals surface area contributed by atoms with Crippen molar-refractivity contribution < 1.29 is 0 Å². The molecule has 9 rings (SSSR count). The quantitative estimate of drug-likeness (QED) is 0.0868. The lowest BCUT2D eigenvalue weighted by Crippen LogP contribution is -2.29. The second-order valence-electron chi connectivity index (χ2n) is 16.9. The number of anilines is 1. The van der Waals surface area contributed by atoms with E-state index in [1.807, 2.05) is 99.3 Å². The summed E-state index contributed by atoms with van der Waals surface area (Å²) in [4.78, 5) is 8.97. The normalized spacial score (nSPS) is 13.9. The van der Waals surface area contributed by atoms with Gasteiger partial charge in [-0.25, -0.2) is 4.99 Å². The zero-order valence-electron chi connectivity index (χ0n) is 41.8. The van der Waals surface area contributed by atoms with Gasteiger partial charge in [0.25, 0.3) is 0 Å². The monoisotopic (exact) mass is 950 g/mol. The maximum atomic E-state index is 5.08. The van der Waals surface area contributed by atoms with Crippen LogP contribution in [0.25, 0.3) is 26.5 Å². The van der Waals surface area contributed by atoms with Crippen molar-refractivity contribution in [3.05, 3.63) is 280 Å². The van der Waals surface area contributed by atoms with Gasteiger partial charge in [0.05, 0.1) is 5.69 Å². The van der Waals surface area contributed by atoms with Crippen LogP contribution >= 0.6 is 23.1 Å². The van der Waals surface area contributed by atoms with Crippen LogP contribution in [0, 0.1) is 0 Å². The Morgan fingerprint density at radius 3 is 1.81 bits per heavy atom. The van der Waals surface area contributed by atoms with E-state index in [-0.39, 0.29) is 10.7 Å². The number of amidine groups is 1. The fourth-order valence-electron chi connectivity index (χ4n) is 8.79. The molecule has 1 N–H and O–H groups in total. The number of benzene rings is 7. The smallest absolute Gasteiger partial charge is 0.138 e. The number of hydrogen-bond donors (Lipinski definition) is 1. The Morgan fingerprint density at radius 1 is 0.614 bits per heavy atom. The molecule has 1 aliphatic rings. The molecular formula is C66H66N2S2. The zero-order chi connectivity index (χ0) is 49.1. The second kappa shape index (κ2) is 25.6. The molecule has 8 aromatic rings. The summed E-state index contributed by atoms with van der Waals surface area (Å²) < 4.78 is 0. The van der Waals surface area contributed by atoms with E-state index in [9.17, 15) is 0 Å². The van der Waals surface area contributed by atoms with E-state index in [2.05, 4.69) is 214 Å². The van der Waals surface area contributed by atoms with E-state index >= 15 is 0 Å². The number of nitrogens with one attached hydrogen (secondary N) is 1. The van der Waals surface area contributed by atoms with Gasteiger partial charge in [0.15, 0.2) is 0 Å². The van der Waals surface area contributed by atoms with Crippen LogP contribution in [0.15, 0.2) is 247 Å². The van der Waals surface area contributed by atoms with Crippen LogP contribution in [0.5, 0.6) is 0 Å². The number of rotatable bonds is 14. The highest BCUT2D eigenvalue weighted by Gasteiger charge is 2.34. The Morgan fingerprint density at radius 2 is 1.19 bits per heavy atom. The van der Waals surface area contributed by atoms with Crippen LogP contribution in [0.1, 0.15) is 98.4 Å². The lowest BCUT2D eigenvalue weighted by Gasteiger charge is -2.35. The van der Waals surface area contributed by atoms with E-state index in [0.29, 0.717) is 0 Å². The third-order valence-corrected chi connectivity index (χ3v) is 14.9. The summed E-state index contributed by atoms with van der Waals surface area (Å²) >= 11 is 3.79. The fraction of sp³-hybridized carbons (Fsp3) is 0.167. The highest BCUT2D eigenvalue weighted by molar-refractivity contribution is 8.08. The molecule has 1 aliphatic carbocycles. The van der Waals surface area contributed by atoms with Gasteiger partial charge >= 0.3 is 0 Å². The largest absolute Gasteiger partial charge is 0.340 e. The summed E-state index contributed by atoms with van der Waals surface area (Å²) in [5.41, 5.74) is 14.0. The summed E-state index contributed by atoms with van der Waals surface area (Å²) in [6.45, 7) is 14.9. The Bertz CT molecular complexity index is 3000. The van der Waals surface area contributed by atoms with Gasteiger partial charge in [-0.1, -0.05) is 235 Å². The van der Waals surface area contributed by atoms with Crippen molar-refractivity contribution in [1.29, 1.82) is 0 Å². The third kappa shape index (κ3) is 12.8. The molecule has 2 atom stereocenters. The van der Waals surface area contributed by atoms with Gasteiger partial charge in [-0.05, 0) is 113 Å². The first kappa shape index (κ1) is 50.9. The van der Waals surface area contributed by atoms with Gasteiger partial charge in [0.1, 0.15) is 5.84 Å². The van der Waals surface area contributed by atoms with Crippen LogP contribution in [-0.4, -0.2) is 5.84 Å². The SMILES string of the molecule is C/C=C(\SC(C)c1ccc(C2=CC=C(c3ccc(-c4ccccc4)s3)CC=C2C(C)(Cc2ccc(C(=Nc3ccccc3)Nc3ccccc3)cc2)c2ccccc2)cc1)c1ccccc1.CC.CC.